The number of hydrogen-bond acceptors (Lipinski definition) is 4. The van der Waals surface area contributed by atoms with Crippen LogP contribution in [-0.2, 0) is 4.74 Å². The second kappa shape index (κ2) is 7.22. The van der Waals surface area contributed by atoms with Gasteiger partial charge in [-0.1, -0.05) is 20.3 Å². The molecular weight excluding hydrogens is 208 g/mol. The van der Waals surface area contributed by atoms with Gasteiger partial charge in [0.2, 0.25) is 0 Å². The number of hydrogen-bond donors (Lipinski definition) is 3. The van der Waals surface area contributed by atoms with Crippen LogP contribution in [0.5, 0.6) is 0 Å². The lowest BCUT2D eigenvalue weighted by Crippen LogP contribution is -2.19. The highest BCUT2D eigenvalue weighted by Gasteiger charge is 2.27. The zero-order valence-corrected chi connectivity index (χ0v) is 10.8. The summed E-state index contributed by atoms with van der Waals surface area (Å²) in [4.78, 5) is 0. The summed E-state index contributed by atoms with van der Waals surface area (Å²) in [5.41, 5.74) is 0. The molecule has 0 aliphatic carbocycles. The lowest BCUT2D eigenvalue weighted by atomic mass is 9.99. The summed E-state index contributed by atoms with van der Waals surface area (Å²) in [6, 6.07) is 0. The van der Waals surface area contributed by atoms with Gasteiger partial charge >= 0.3 is 0 Å². The highest BCUT2D eigenvalue weighted by molar-refractivity contribution is 4.76. The van der Waals surface area contributed by atoms with Crippen molar-refractivity contribution in [1.29, 1.82) is 0 Å². The first kappa shape index (κ1) is 15.8. The van der Waals surface area contributed by atoms with Crippen molar-refractivity contribution in [2.24, 2.45) is 5.92 Å². The van der Waals surface area contributed by atoms with Crippen molar-refractivity contribution in [3.8, 4) is 0 Å². The Morgan fingerprint density at radius 3 is 2.12 bits per heavy atom. The van der Waals surface area contributed by atoms with Crippen molar-refractivity contribution in [3.63, 3.8) is 0 Å². The van der Waals surface area contributed by atoms with Crippen molar-refractivity contribution in [2.45, 2.75) is 65.0 Å². The Kier molecular flexibility index (Phi) is 7.15. The topological polar surface area (TPSA) is 69.9 Å². The fourth-order valence-corrected chi connectivity index (χ4v) is 1.55. The van der Waals surface area contributed by atoms with E-state index in [1.54, 1.807) is 0 Å². The molecule has 4 heteroatoms. The summed E-state index contributed by atoms with van der Waals surface area (Å²) < 4.78 is 5.61. The van der Waals surface area contributed by atoms with Crippen LogP contribution in [0, 0.1) is 5.92 Å². The van der Waals surface area contributed by atoms with Crippen molar-refractivity contribution in [2.75, 3.05) is 6.61 Å². The van der Waals surface area contributed by atoms with Gasteiger partial charge in [0.1, 0.15) is 0 Å². The van der Waals surface area contributed by atoms with Crippen LogP contribution in [-0.4, -0.2) is 39.9 Å². The largest absolute Gasteiger partial charge is 0.394 e. The van der Waals surface area contributed by atoms with Crippen LogP contribution >= 0.6 is 0 Å². The van der Waals surface area contributed by atoms with Gasteiger partial charge in [0.25, 0.3) is 0 Å². The molecule has 0 radical (unpaired) electrons. The average molecular weight is 234 g/mol. The minimum Gasteiger partial charge on any atom is -0.394 e. The summed E-state index contributed by atoms with van der Waals surface area (Å²) in [6.45, 7) is 7.18. The van der Waals surface area contributed by atoms with Gasteiger partial charge in [-0.25, -0.2) is 0 Å². The highest BCUT2D eigenvalue weighted by Crippen LogP contribution is 2.26. The van der Waals surface area contributed by atoms with Gasteiger partial charge in [-0.15, -0.1) is 0 Å². The van der Waals surface area contributed by atoms with E-state index >= 15 is 0 Å². The van der Waals surface area contributed by atoms with Crippen LogP contribution in [0.15, 0.2) is 0 Å². The maximum Gasteiger partial charge on any atom is 0.156 e. The smallest absolute Gasteiger partial charge is 0.156 e. The van der Waals surface area contributed by atoms with Gasteiger partial charge in [0, 0.05) is 0 Å². The van der Waals surface area contributed by atoms with E-state index in [1.807, 2.05) is 0 Å². The minimum atomic E-state index is -1.50. The fraction of sp³-hybridized carbons (Fsp3) is 1.00. The average Bonchev–Trinajstić information content (AvgIpc) is 2.62. The van der Waals surface area contributed by atoms with Crippen LogP contribution in [0.4, 0.5) is 0 Å². The lowest BCUT2D eigenvalue weighted by molar-refractivity contribution is -0.127. The molecule has 1 saturated heterocycles. The third-order valence-corrected chi connectivity index (χ3v) is 2.62. The lowest BCUT2D eigenvalue weighted by Gasteiger charge is -2.17. The van der Waals surface area contributed by atoms with Gasteiger partial charge in [-0.2, -0.15) is 0 Å². The summed E-state index contributed by atoms with van der Waals surface area (Å²) in [7, 11) is 0. The van der Waals surface area contributed by atoms with E-state index in [2.05, 4.69) is 13.8 Å². The summed E-state index contributed by atoms with van der Waals surface area (Å²) in [5.74, 6) is -0.855. The Balaban J connectivity index is 0.000000385. The second-order valence-corrected chi connectivity index (χ2v) is 4.94. The molecule has 0 bridgehead atoms. The highest BCUT2D eigenvalue weighted by atomic mass is 16.5. The van der Waals surface area contributed by atoms with Crippen molar-refractivity contribution in [1.82, 2.24) is 0 Å². The van der Waals surface area contributed by atoms with Crippen molar-refractivity contribution < 1.29 is 20.1 Å². The molecule has 1 aliphatic rings. The Morgan fingerprint density at radius 1 is 1.31 bits per heavy atom. The SMILES string of the molecule is CC(C)(O)O.CCC(C)C1CCC(CO)O1. The molecule has 1 aliphatic heterocycles. The van der Waals surface area contributed by atoms with Crippen LogP contribution in [0.2, 0.25) is 0 Å². The van der Waals surface area contributed by atoms with Crippen molar-refractivity contribution >= 4 is 0 Å². The normalized spacial score (nSPS) is 27.2. The fourth-order valence-electron chi connectivity index (χ4n) is 1.55. The first-order chi connectivity index (χ1) is 7.27. The molecule has 0 amide bonds. The molecule has 0 aromatic heterocycles. The standard InChI is InChI=1S/C9H18O2.C3H8O2/c1-3-7(2)9-5-4-8(6-10)11-9;1-3(2,4)5/h7-10H,3-6H2,1-2H3;4-5H,1-2H3. The van der Waals surface area contributed by atoms with E-state index in [-0.39, 0.29) is 12.7 Å². The van der Waals surface area contributed by atoms with Gasteiger partial charge in [0.15, 0.2) is 5.79 Å². The van der Waals surface area contributed by atoms with Crippen LogP contribution in [0.25, 0.3) is 0 Å². The number of aliphatic hydroxyl groups excluding tert-OH is 1. The molecule has 3 atom stereocenters. The molecule has 16 heavy (non-hydrogen) atoms. The van der Waals surface area contributed by atoms with Gasteiger partial charge in [-0.3, -0.25) is 0 Å². The zero-order valence-electron chi connectivity index (χ0n) is 10.8. The predicted octanol–water partition coefficient (Wildman–Crippen LogP) is 1.28. The van der Waals surface area contributed by atoms with Crippen LogP contribution < -0.4 is 0 Å². The number of aliphatic hydroxyl groups is 3. The molecule has 1 heterocycles. The number of ether oxygens (including phenoxy) is 1. The molecule has 3 unspecified atom stereocenters. The third-order valence-electron chi connectivity index (χ3n) is 2.62. The van der Waals surface area contributed by atoms with Crippen LogP contribution in [0.3, 0.4) is 0 Å². The van der Waals surface area contributed by atoms with Gasteiger partial charge in [-0.05, 0) is 32.6 Å². The second-order valence-electron chi connectivity index (χ2n) is 4.94. The van der Waals surface area contributed by atoms with Crippen LogP contribution in [0.1, 0.15) is 47.0 Å². The molecule has 1 rings (SSSR count). The van der Waals surface area contributed by atoms with Crippen molar-refractivity contribution in [3.05, 3.63) is 0 Å². The molecular formula is C12H26O4. The molecule has 98 valence electrons. The van der Waals surface area contributed by atoms with E-state index in [1.165, 1.54) is 20.3 Å². The Hall–Kier alpha value is -0.160. The maximum absolute atomic E-state index is 8.81. The van der Waals surface area contributed by atoms with E-state index < -0.39 is 5.79 Å². The molecule has 0 aromatic carbocycles. The molecule has 3 N–H and O–H groups in total. The van der Waals surface area contributed by atoms with Gasteiger partial charge in [0.05, 0.1) is 18.8 Å². The quantitative estimate of drug-likeness (QED) is 0.643. The first-order valence-corrected chi connectivity index (χ1v) is 5.99. The Bertz CT molecular complexity index is 170. The third kappa shape index (κ3) is 8.05. The molecule has 4 nitrogen and oxygen atoms in total. The van der Waals surface area contributed by atoms with E-state index in [0.29, 0.717) is 12.0 Å². The summed E-state index contributed by atoms with van der Waals surface area (Å²) in [5, 5.41) is 25.0. The maximum atomic E-state index is 8.81. The minimum absolute atomic E-state index is 0.119. The molecule has 0 saturated carbocycles. The monoisotopic (exact) mass is 234 g/mol. The Morgan fingerprint density at radius 2 is 1.81 bits per heavy atom. The predicted molar refractivity (Wildman–Crippen MR) is 63.0 cm³/mol. The van der Waals surface area contributed by atoms with E-state index in [4.69, 9.17) is 20.1 Å². The summed E-state index contributed by atoms with van der Waals surface area (Å²) >= 11 is 0. The molecule has 0 spiro atoms. The summed E-state index contributed by atoms with van der Waals surface area (Å²) in [6.07, 6.45) is 3.85. The zero-order chi connectivity index (χ0) is 12.8. The number of rotatable bonds is 3. The first-order valence-electron chi connectivity index (χ1n) is 5.99. The van der Waals surface area contributed by atoms with E-state index in [0.717, 1.165) is 12.8 Å². The molecule has 0 aromatic rings. The molecule has 1 fully saturated rings. The Labute approximate surface area is 98.2 Å². The van der Waals surface area contributed by atoms with Gasteiger partial charge < -0.3 is 20.1 Å². The van der Waals surface area contributed by atoms with E-state index in [9.17, 15) is 0 Å².